The molecule has 20 heavy (non-hydrogen) atoms. The predicted octanol–water partition coefficient (Wildman–Crippen LogP) is 3.84. The molecule has 0 spiro atoms. The van der Waals surface area contributed by atoms with Crippen LogP contribution in [0, 0.1) is 22.9 Å². The van der Waals surface area contributed by atoms with Crippen LogP contribution in [0.5, 0.6) is 17.2 Å². The van der Waals surface area contributed by atoms with Crippen molar-refractivity contribution in [2.75, 3.05) is 7.11 Å². The molecule has 0 aliphatic rings. The summed E-state index contributed by atoms with van der Waals surface area (Å²) in [7, 11) is 1.37. The zero-order valence-electron chi connectivity index (χ0n) is 10.9. The molecule has 104 valence electrons. The molecule has 5 nitrogen and oxygen atoms in total. The minimum Gasteiger partial charge on any atom is -0.494 e. The number of nitro benzene ring substituents is 1. The van der Waals surface area contributed by atoms with Crippen molar-refractivity contribution in [2.45, 2.75) is 6.92 Å². The van der Waals surface area contributed by atoms with Gasteiger partial charge in [0.15, 0.2) is 11.6 Å². The van der Waals surface area contributed by atoms with Crippen LogP contribution in [0.25, 0.3) is 0 Å². The summed E-state index contributed by atoms with van der Waals surface area (Å²) in [6.45, 7) is 1.61. The lowest BCUT2D eigenvalue weighted by atomic mass is 10.2. The Labute approximate surface area is 114 Å². The second-order valence-electron chi connectivity index (χ2n) is 4.10. The number of ether oxygens (including phenoxy) is 2. The van der Waals surface area contributed by atoms with E-state index < -0.39 is 10.7 Å². The molecule has 0 heterocycles. The molecule has 2 rings (SSSR count). The lowest BCUT2D eigenvalue weighted by Crippen LogP contribution is -1.93. The van der Waals surface area contributed by atoms with Crippen molar-refractivity contribution in [2.24, 2.45) is 0 Å². The van der Waals surface area contributed by atoms with Gasteiger partial charge in [-0.3, -0.25) is 10.1 Å². The molecular weight excluding hydrogens is 265 g/mol. The Balaban J connectivity index is 2.24. The molecule has 0 aliphatic heterocycles. The molecule has 0 N–H and O–H groups in total. The van der Waals surface area contributed by atoms with E-state index in [1.807, 2.05) is 0 Å². The number of nitro groups is 1. The van der Waals surface area contributed by atoms with Crippen molar-refractivity contribution in [1.82, 2.24) is 0 Å². The van der Waals surface area contributed by atoms with Gasteiger partial charge in [-0.25, -0.2) is 4.39 Å². The predicted molar refractivity (Wildman–Crippen MR) is 70.9 cm³/mol. The van der Waals surface area contributed by atoms with Gasteiger partial charge in [0.2, 0.25) is 0 Å². The van der Waals surface area contributed by atoms with Crippen LogP contribution >= 0.6 is 0 Å². The molecule has 0 saturated heterocycles. The van der Waals surface area contributed by atoms with Gasteiger partial charge in [0.1, 0.15) is 11.5 Å². The maximum Gasteiger partial charge on any atom is 0.272 e. The molecule has 0 fully saturated rings. The second kappa shape index (κ2) is 5.56. The van der Waals surface area contributed by atoms with Gasteiger partial charge < -0.3 is 9.47 Å². The lowest BCUT2D eigenvalue weighted by Gasteiger charge is -2.08. The molecule has 0 saturated carbocycles. The highest BCUT2D eigenvalue weighted by Gasteiger charge is 2.11. The Morgan fingerprint density at radius 3 is 2.35 bits per heavy atom. The van der Waals surface area contributed by atoms with Gasteiger partial charge >= 0.3 is 0 Å². The fourth-order valence-electron chi connectivity index (χ4n) is 1.74. The first-order valence-corrected chi connectivity index (χ1v) is 5.77. The smallest absolute Gasteiger partial charge is 0.272 e. The molecule has 2 aromatic carbocycles. The zero-order valence-corrected chi connectivity index (χ0v) is 10.9. The summed E-state index contributed by atoms with van der Waals surface area (Å²) in [4.78, 5) is 10.2. The average molecular weight is 277 g/mol. The maximum absolute atomic E-state index is 13.5. The van der Waals surface area contributed by atoms with Crippen LogP contribution in [0.3, 0.4) is 0 Å². The monoisotopic (exact) mass is 277 g/mol. The normalized spacial score (nSPS) is 10.2. The highest BCUT2D eigenvalue weighted by molar-refractivity contribution is 5.46. The number of hydrogen-bond acceptors (Lipinski definition) is 4. The molecule has 0 radical (unpaired) electrons. The van der Waals surface area contributed by atoms with Gasteiger partial charge in [-0.1, -0.05) is 0 Å². The molecule has 0 unspecified atom stereocenters. The van der Waals surface area contributed by atoms with E-state index in [2.05, 4.69) is 0 Å². The Morgan fingerprint density at radius 2 is 1.80 bits per heavy atom. The summed E-state index contributed by atoms with van der Waals surface area (Å²) >= 11 is 0. The van der Waals surface area contributed by atoms with Crippen LogP contribution in [-0.2, 0) is 0 Å². The molecule has 0 aromatic heterocycles. The van der Waals surface area contributed by atoms with Crippen LogP contribution in [-0.4, -0.2) is 12.0 Å². The zero-order chi connectivity index (χ0) is 14.7. The molecule has 0 aliphatic carbocycles. The Bertz CT molecular complexity index is 658. The molecule has 0 bridgehead atoms. The van der Waals surface area contributed by atoms with E-state index in [0.717, 1.165) is 0 Å². The molecular formula is C14H12FNO4. The van der Waals surface area contributed by atoms with Crippen molar-refractivity contribution in [3.05, 3.63) is 57.9 Å². The van der Waals surface area contributed by atoms with E-state index in [1.165, 1.54) is 37.4 Å². The number of nitrogens with zero attached hydrogens (tertiary/aromatic N) is 1. The van der Waals surface area contributed by atoms with E-state index in [9.17, 15) is 14.5 Å². The standard InChI is InChI=1S/C14H12FNO4/c1-9-7-10(3-5-13(9)16(17)18)20-11-4-6-14(19-2)12(15)8-11/h3-8H,1-2H3. The van der Waals surface area contributed by atoms with Crippen LogP contribution in [0.4, 0.5) is 10.1 Å². The highest BCUT2D eigenvalue weighted by atomic mass is 19.1. The van der Waals surface area contributed by atoms with E-state index >= 15 is 0 Å². The minimum atomic E-state index is -0.538. The highest BCUT2D eigenvalue weighted by Crippen LogP contribution is 2.29. The van der Waals surface area contributed by atoms with Crippen molar-refractivity contribution >= 4 is 5.69 Å². The van der Waals surface area contributed by atoms with Gasteiger partial charge in [-0.05, 0) is 31.2 Å². The number of benzene rings is 2. The summed E-state index contributed by atoms with van der Waals surface area (Å²) in [6, 6.07) is 8.54. The minimum absolute atomic E-state index is 0.0123. The van der Waals surface area contributed by atoms with Gasteiger partial charge in [0.25, 0.3) is 5.69 Å². The van der Waals surface area contributed by atoms with E-state index in [-0.39, 0.29) is 17.2 Å². The third-order valence-electron chi connectivity index (χ3n) is 2.72. The third-order valence-corrected chi connectivity index (χ3v) is 2.72. The number of rotatable bonds is 4. The van der Waals surface area contributed by atoms with Crippen LogP contribution in [0.2, 0.25) is 0 Å². The van der Waals surface area contributed by atoms with Crippen LogP contribution < -0.4 is 9.47 Å². The topological polar surface area (TPSA) is 61.6 Å². The van der Waals surface area contributed by atoms with Gasteiger partial charge in [-0.2, -0.15) is 0 Å². The fraction of sp³-hybridized carbons (Fsp3) is 0.143. The maximum atomic E-state index is 13.5. The first-order chi connectivity index (χ1) is 9.51. The summed E-state index contributed by atoms with van der Waals surface area (Å²) < 4.78 is 23.8. The van der Waals surface area contributed by atoms with E-state index in [1.54, 1.807) is 13.0 Å². The van der Waals surface area contributed by atoms with Crippen molar-refractivity contribution in [3.8, 4) is 17.2 Å². The van der Waals surface area contributed by atoms with Crippen molar-refractivity contribution in [1.29, 1.82) is 0 Å². The van der Waals surface area contributed by atoms with Crippen LogP contribution in [0.15, 0.2) is 36.4 Å². The number of halogens is 1. The van der Waals surface area contributed by atoms with Crippen LogP contribution in [0.1, 0.15) is 5.56 Å². The Morgan fingerprint density at radius 1 is 1.15 bits per heavy atom. The first kappa shape index (κ1) is 13.8. The van der Waals surface area contributed by atoms with Gasteiger partial charge in [0, 0.05) is 17.7 Å². The lowest BCUT2D eigenvalue weighted by molar-refractivity contribution is -0.385. The molecule has 0 amide bonds. The fourth-order valence-corrected chi connectivity index (χ4v) is 1.74. The number of aryl methyl sites for hydroxylation is 1. The summed E-state index contributed by atoms with van der Waals surface area (Å²) in [5, 5.41) is 10.7. The van der Waals surface area contributed by atoms with E-state index in [4.69, 9.17) is 9.47 Å². The average Bonchev–Trinajstić information content (AvgIpc) is 2.38. The Kier molecular flexibility index (Phi) is 3.84. The van der Waals surface area contributed by atoms with Crippen molar-refractivity contribution in [3.63, 3.8) is 0 Å². The first-order valence-electron chi connectivity index (χ1n) is 5.77. The molecule has 2 aromatic rings. The molecule has 0 atom stereocenters. The van der Waals surface area contributed by atoms with Gasteiger partial charge in [-0.15, -0.1) is 0 Å². The van der Waals surface area contributed by atoms with Gasteiger partial charge in [0.05, 0.1) is 12.0 Å². The quantitative estimate of drug-likeness (QED) is 0.629. The van der Waals surface area contributed by atoms with E-state index in [0.29, 0.717) is 11.3 Å². The SMILES string of the molecule is COc1ccc(Oc2ccc([N+](=O)[O-])c(C)c2)cc1F. The Hall–Kier alpha value is -2.63. The van der Waals surface area contributed by atoms with Crippen molar-refractivity contribution < 1.29 is 18.8 Å². The largest absolute Gasteiger partial charge is 0.494 e. The third kappa shape index (κ3) is 2.85. The molecule has 6 heteroatoms. The second-order valence-corrected chi connectivity index (χ2v) is 4.10. The number of hydrogen-bond donors (Lipinski definition) is 0. The summed E-state index contributed by atoms with van der Waals surface area (Å²) in [5.74, 6) is 0.273. The summed E-state index contributed by atoms with van der Waals surface area (Å²) in [6.07, 6.45) is 0. The summed E-state index contributed by atoms with van der Waals surface area (Å²) in [5.41, 5.74) is 0.486. The number of methoxy groups -OCH3 is 1.